The summed E-state index contributed by atoms with van der Waals surface area (Å²) in [6.07, 6.45) is 0. The summed E-state index contributed by atoms with van der Waals surface area (Å²) in [7, 11) is 0. The average molecular weight is 387 g/mol. The van der Waals surface area contributed by atoms with Crippen LogP contribution in [-0.4, -0.2) is 26.3 Å². The predicted octanol–water partition coefficient (Wildman–Crippen LogP) is 4.04. The molecule has 0 unspecified atom stereocenters. The zero-order chi connectivity index (χ0) is 19.1. The number of anilines is 1. The number of fused-ring (bicyclic) bond motifs is 2. The molecule has 0 spiro atoms. The van der Waals surface area contributed by atoms with Crippen molar-refractivity contribution in [3.05, 3.63) is 71.0 Å². The topological polar surface area (TPSA) is 70.6 Å². The Bertz CT molecular complexity index is 1230. The SMILES string of the molecule is N#Cc1cc(N2CCn3c(nnc3-c3ccccc3)C2)nc2ccc(Cl)cc12. The number of benzene rings is 2. The largest absolute Gasteiger partial charge is 0.347 e. The highest BCUT2D eigenvalue weighted by Crippen LogP contribution is 2.28. The predicted molar refractivity (Wildman–Crippen MR) is 108 cm³/mol. The Morgan fingerprint density at radius 2 is 1.86 bits per heavy atom. The van der Waals surface area contributed by atoms with Crippen molar-refractivity contribution >= 4 is 28.3 Å². The molecule has 6 nitrogen and oxygen atoms in total. The molecule has 4 aromatic rings. The fourth-order valence-corrected chi connectivity index (χ4v) is 3.76. The van der Waals surface area contributed by atoms with E-state index in [0.29, 0.717) is 17.1 Å². The molecular formula is C21H15ClN6. The summed E-state index contributed by atoms with van der Waals surface area (Å²) in [5, 5.41) is 19.7. The van der Waals surface area contributed by atoms with Crippen molar-refractivity contribution in [2.45, 2.75) is 13.1 Å². The molecule has 0 N–H and O–H groups in total. The van der Waals surface area contributed by atoms with Crippen LogP contribution in [0.4, 0.5) is 5.82 Å². The van der Waals surface area contributed by atoms with Gasteiger partial charge in [-0.1, -0.05) is 41.9 Å². The molecule has 1 aliphatic heterocycles. The second-order valence-corrected chi connectivity index (χ2v) is 7.12. The van der Waals surface area contributed by atoms with Crippen LogP contribution in [0.2, 0.25) is 5.02 Å². The molecule has 3 heterocycles. The van der Waals surface area contributed by atoms with E-state index in [0.717, 1.165) is 47.0 Å². The highest BCUT2D eigenvalue weighted by atomic mass is 35.5. The molecule has 0 bridgehead atoms. The number of pyridine rings is 1. The third-order valence-electron chi connectivity index (χ3n) is 4.99. The van der Waals surface area contributed by atoms with E-state index in [1.54, 1.807) is 12.1 Å². The average Bonchev–Trinajstić information content (AvgIpc) is 3.17. The van der Waals surface area contributed by atoms with Crippen LogP contribution in [0, 0.1) is 11.3 Å². The Kier molecular flexibility index (Phi) is 3.96. The van der Waals surface area contributed by atoms with Crippen molar-refractivity contribution in [3.63, 3.8) is 0 Å². The second kappa shape index (κ2) is 6.63. The molecule has 5 rings (SSSR count). The van der Waals surface area contributed by atoms with Crippen LogP contribution < -0.4 is 4.90 Å². The number of nitrogens with zero attached hydrogens (tertiary/aromatic N) is 6. The normalized spacial score (nSPS) is 13.4. The summed E-state index contributed by atoms with van der Waals surface area (Å²) < 4.78 is 2.15. The Morgan fingerprint density at radius 3 is 2.68 bits per heavy atom. The first kappa shape index (κ1) is 16.7. The lowest BCUT2D eigenvalue weighted by Gasteiger charge is -2.29. The monoisotopic (exact) mass is 386 g/mol. The minimum atomic E-state index is 0.569. The van der Waals surface area contributed by atoms with Crippen LogP contribution in [0.3, 0.4) is 0 Å². The Balaban J connectivity index is 1.51. The first-order chi connectivity index (χ1) is 13.7. The zero-order valence-electron chi connectivity index (χ0n) is 14.9. The van der Waals surface area contributed by atoms with Gasteiger partial charge in [0.05, 0.1) is 23.7 Å². The van der Waals surface area contributed by atoms with Crippen LogP contribution >= 0.6 is 11.6 Å². The van der Waals surface area contributed by atoms with Gasteiger partial charge in [-0.3, -0.25) is 0 Å². The maximum atomic E-state index is 9.57. The van der Waals surface area contributed by atoms with Crippen molar-refractivity contribution in [2.75, 3.05) is 11.4 Å². The molecule has 0 saturated heterocycles. The van der Waals surface area contributed by atoms with E-state index < -0.39 is 0 Å². The second-order valence-electron chi connectivity index (χ2n) is 6.68. The van der Waals surface area contributed by atoms with Crippen molar-refractivity contribution < 1.29 is 0 Å². The molecule has 0 radical (unpaired) electrons. The molecule has 0 saturated carbocycles. The number of hydrogen-bond donors (Lipinski definition) is 0. The highest BCUT2D eigenvalue weighted by Gasteiger charge is 2.23. The minimum Gasteiger partial charge on any atom is -0.347 e. The molecule has 0 amide bonds. The molecule has 0 aliphatic carbocycles. The van der Waals surface area contributed by atoms with Crippen molar-refractivity contribution in [1.29, 1.82) is 5.26 Å². The van der Waals surface area contributed by atoms with E-state index in [9.17, 15) is 5.26 Å². The van der Waals surface area contributed by atoms with E-state index in [4.69, 9.17) is 16.6 Å². The van der Waals surface area contributed by atoms with E-state index in [1.807, 2.05) is 42.5 Å². The van der Waals surface area contributed by atoms with Crippen molar-refractivity contribution in [2.24, 2.45) is 0 Å². The van der Waals surface area contributed by atoms with Crippen LogP contribution in [0.5, 0.6) is 0 Å². The van der Waals surface area contributed by atoms with Gasteiger partial charge in [-0.25, -0.2) is 4.98 Å². The minimum absolute atomic E-state index is 0.569. The molecule has 0 fully saturated rings. The highest BCUT2D eigenvalue weighted by molar-refractivity contribution is 6.31. The van der Waals surface area contributed by atoms with Gasteiger partial charge in [0, 0.05) is 29.1 Å². The van der Waals surface area contributed by atoms with Gasteiger partial charge in [-0.15, -0.1) is 10.2 Å². The summed E-state index contributed by atoms with van der Waals surface area (Å²) >= 11 is 6.08. The Morgan fingerprint density at radius 1 is 1.00 bits per heavy atom. The lowest BCUT2D eigenvalue weighted by Crippen LogP contribution is -2.34. The quantitative estimate of drug-likeness (QED) is 0.520. The number of aromatic nitrogens is 4. The lowest BCUT2D eigenvalue weighted by atomic mass is 10.1. The fourth-order valence-electron chi connectivity index (χ4n) is 3.59. The molecular weight excluding hydrogens is 372 g/mol. The summed E-state index contributed by atoms with van der Waals surface area (Å²) in [5.41, 5.74) is 2.39. The number of rotatable bonds is 2. The van der Waals surface area contributed by atoms with Gasteiger partial charge in [0.15, 0.2) is 11.6 Å². The molecule has 0 atom stereocenters. The summed E-state index contributed by atoms with van der Waals surface area (Å²) in [6, 6.07) is 19.6. The molecule has 136 valence electrons. The van der Waals surface area contributed by atoms with E-state index >= 15 is 0 Å². The van der Waals surface area contributed by atoms with Crippen LogP contribution in [0.1, 0.15) is 11.4 Å². The summed E-state index contributed by atoms with van der Waals surface area (Å²) in [5.74, 6) is 2.54. The lowest BCUT2D eigenvalue weighted by molar-refractivity contribution is 0.560. The van der Waals surface area contributed by atoms with Gasteiger partial charge >= 0.3 is 0 Å². The maximum absolute atomic E-state index is 9.57. The number of nitriles is 1. The molecule has 7 heteroatoms. The first-order valence-electron chi connectivity index (χ1n) is 8.96. The van der Waals surface area contributed by atoms with Crippen molar-refractivity contribution in [1.82, 2.24) is 19.7 Å². The van der Waals surface area contributed by atoms with Gasteiger partial charge in [0.1, 0.15) is 5.82 Å². The standard InChI is InChI=1S/C21H15ClN6/c22-16-6-7-18-17(11-16)15(12-23)10-19(24-18)27-8-9-28-20(13-27)25-26-21(28)14-4-2-1-3-5-14/h1-7,10-11H,8-9,13H2. The van der Waals surface area contributed by atoms with Crippen molar-refractivity contribution in [3.8, 4) is 17.5 Å². The van der Waals surface area contributed by atoms with Gasteiger partial charge in [-0.2, -0.15) is 5.26 Å². The summed E-state index contributed by atoms with van der Waals surface area (Å²) in [6.45, 7) is 2.12. The zero-order valence-corrected chi connectivity index (χ0v) is 15.6. The van der Waals surface area contributed by atoms with E-state index in [1.165, 1.54) is 0 Å². The Labute approximate surface area is 166 Å². The molecule has 2 aromatic heterocycles. The van der Waals surface area contributed by atoms with Gasteiger partial charge in [-0.05, 0) is 24.3 Å². The number of halogens is 1. The van der Waals surface area contributed by atoms with E-state index in [2.05, 4.69) is 25.7 Å². The third kappa shape index (κ3) is 2.77. The maximum Gasteiger partial charge on any atom is 0.164 e. The Hall–Kier alpha value is -3.43. The first-order valence-corrected chi connectivity index (χ1v) is 9.33. The van der Waals surface area contributed by atoms with Crippen LogP contribution in [0.15, 0.2) is 54.6 Å². The van der Waals surface area contributed by atoms with E-state index in [-0.39, 0.29) is 0 Å². The fraction of sp³-hybridized carbons (Fsp3) is 0.143. The molecule has 1 aliphatic rings. The number of hydrogen-bond acceptors (Lipinski definition) is 5. The van der Waals surface area contributed by atoms with Crippen LogP contribution in [-0.2, 0) is 13.1 Å². The summed E-state index contributed by atoms with van der Waals surface area (Å²) in [4.78, 5) is 6.88. The van der Waals surface area contributed by atoms with Gasteiger partial charge in [0.2, 0.25) is 0 Å². The third-order valence-corrected chi connectivity index (χ3v) is 5.22. The molecule has 28 heavy (non-hydrogen) atoms. The molecule has 2 aromatic carbocycles. The van der Waals surface area contributed by atoms with Gasteiger partial charge < -0.3 is 9.47 Å². The van der Waals surface area contributed by atoms with Crippen LogP contribution in [0.25, 0.3) is 22.3 Å². The smallest absolute Gasteiger partial charge is 0.164 e. The van der Waals surface area contributed by atoms with Gasteiger partial charge in [0.25, 0.3) is 0 Å².